The number of likely N-dealkylation sites (tertiary alicyclic amines) is 1. The first-order valence-corrected chi connectivity index (χ1v) is 7.16. The second-order valence-corrected chi connectivity index (χ2v) is 5.66. The smallest absolute Gasteiger partial charge is 0.308 e. The molecule has 1 saturated heterocycles. The van der Waals surface area contributed by atoms with Gasteiger partial charge in [-0.2, -0.15) is 0 Å². The maximum Gasteiger partial charge on any atom is 0.308 e. The van der Waals surface area contributed by atoms with Crippen LogP contribution in [-0.4, -0.2) is 43.3 Å². The Hall–Kier alpha value is -1.75. The summed E-state index contributed by atoms with van der Waals surface area (Å²) in [6, 6.07) is 5.80. The Kier molecular flexibility index (Phi) is 4.73. The summed E-state index contributed by atoms with van der Waals surface area (Å²) in [5.74, 6) is 0.717. The molecule has 0 aromatic heterocycles. The van der Waals surface area contributed by atoms with E-state index in [1.165, 1.54) is 0 Å². The molecule has 0 aliphatic carbocycles. The molecule has 1 aromatic carbocycles. The van der Waals surface area contributed by atoms with Crippen LogP contribution in [0.15, 0.2) is 18.2 Å². The summed E-state index contributed by atoms with van der Waals surface area (Å²) in [6.45, 7) is 5.42. The molecule has 3 unspecified atom stereocenters. The molecular formula is C16H23NO4. The molecule has 0 saturated carbocycles. The third kappa shape index (κ3) is 3.13. The molecule has 1 heterocycles. The number of nitrogens with zero attached hydrogens (tertiary/aromatic N) is 1. The predicted octanol–water partition coefficient (Wildman–Crippen LogP) is 2.42. The molecule has 3 atom stereocenters. The van der Waals surface area contributed by atoms with E-state index in [-0.39, 0.29) is 17.9 Å². The van der Waals surface area contributed by atoms with Crippen LogP contribution in [0.3, 0.4) is 0 Å². The van der Waals surface area contributed by atoms with Gasteiger partial charge in [0.25, 0.3) is 0 Å². The van der Waals surface area contributed by atoms with Crippen molar-refractivity contribution in [2.24, 2.45) is 11.8 Å². The van der Waals surface area contributed by atoms with Gasteiger partial charge in [-0.3, -0.25) is 9.69 Å². The van der Waals surface area contributed by atoms with Crippen LogP contribution in [0.4, 0.5) is 0 Å². The number of carboxylic acid groups (broad SMARTS) is 1. The van der Waals surface area contributed by atoms with Crippen molar-refractivity contribution in [1.82, 2.24) is 4.90 Å². The van der Waals surface area contributed by atoms with Crippen LogP contribution in [0.2, 0.25) is 0 Å². The average Bonchev–Trinajstić information content (AvgIpc) is 2.88. The normalized spacial score (nSPS) is 23.8. The third-order valence-electron chi connectivity index (χ3n) is 4.39. The van der Waals surface area contributed by atoms with Gasteiger partial charge < -0.3 is 14.6 Å². The van der Waals surface area contributed by atoms with Gasteiger partial charge in [-0.25, -0.2) is 0 Å². The van der Waals surface area contributed by atoms with E-state index in [0.29, 0.717) is 6.54 Å². The second kappa shape index (κ2) is 6.35. The van der Waals surface area contributed by atoms with Crippen LogP contribution in [0, 0.1) is 11.8 Å². The van der Waals surface area contributed by atoms with Gasteiger partial charge in [0.1, 0.15) is 11.5 Å². The number of carbonyl (C=O) groups is 1. The number of ether oxygens (including phenoxy) is 2. The van der Waals surface area contributed by atoms with Crippen LogP contribution in [-0.2, 0) is 4.79 Å². The summed E-state index contributed by atoms with van der Waals surface area (Å²) in [6.07, 6.45) is 0. The fourth-order valence-electron chi connectivity index (χ4n) is 3.00. The van der Waals surface area contributed by atoms with Crippen LogP contribution in [0.1, 0.15) is 25.5 Å². The number of methoxy groups -OCH3 is 2. The Morgan fingerprint density at radius 3 is 2.57 bits per heavy atom. The zero-order chi connectivity index (χ0) is 15.6. The Labute approximate surface area is 125 Å². The van der Waals surface area contributed by atoms with Crippen molar-refractivity contribution in [2.45, 2.75) is 19.9 Å². The Balaban J connectivity index is 2.24. The number of carboxylic acids is 1. The molecule has 5 heteroatoms. The van der Waals surface area contributed by atoms with Crippen LogP contribution in [0.25, 0.3) is 0 Å². The number of hydrogen-bond donors (Lipinski definition) is 1. The number of hydrogen-bond acceptors (Lipinski definition) is 4. The van der Waals surface area contributed by atoms with Crippen molar-refractivity contribution in [3.05, 3.63) is 23.8 Å². The molecule has 116 valence electrons. The van der Waals surface area contributed by atoms with Crippen LogP contribution < -0.4 is 9.47 Å². The Bertz CT molecular complexity index is 517. The highest BCUT2D eigenvalue weighted by molar-refractivity contribution is 5.71. The lowest BCUT2D eigenvalue weighted by Crippen LogP contribution is -2.26. The van der Waals surface area contributed by atoms with Crippen molar-refractivity contribution in [2.75, 3.05) is 27.3 Å². The topological polar surface area (TPSA) is 59.0 Å². The minimum atomic E-state index is -0.713. The van der Waals surface area contributed by atoms with Crippen molar-refractivity contribution in [3.8, 4) is 11.5 Å². The number of rotatable bonds is 5. The first-order chi connectivity index (χ1) is 9.97. The van der Waals surface area contributed by atoms with Gasteiger partial charge in [0.2, 0.25) is 0 Å². The zero-order valence-corrected chi connectivity index (χ0v) is 13.0. The second-order valence-electron chi connectivity index (χ2n) is 5.66. The molecule has 5 nitrogen and oxygen atoms in total. The summed E-state index contributed by atoms with van der Waals surface area (Å²) in [5, 5.41) is 9.27. The molecule has 0 amide bonds. The first kappa shape index (κ1) is 15.6. The lowest BCUT2D eigenvalue weighted by Gasteiger charge is -2.26. The van der Waals surface area contributed by atoms with Gasteiger partial charge in [0, 0.05) is 24.7 Å². The van der Waals surface area contributed by atoms with E-state index in [9.17, 15) is 9.90 Å². The summed E-state index contributed by atoms with van der Waals surface area (Å²) < 4.78 is 10.7. The maximum absolute atomic E-state index is 11.3. The third-order valence-corrected chi connectivity index (χ3v) is 4.39. The van der Waals surface area contributed by atoms with E-state index >= 15 is 0 Å². The molecule has 21 heavy (non-hydrogen) atoms. The molecular weight excluding hydrogens is 270 g/mol. The average molecular weight is 293 g/mol. The van der Waals surface area contributed by atoms with Crippen LogP contribution in [0.5, 0.6) is 11.5 Å². The van der Waals surface area contributed by atoms with Gasteiger partial charge in [0.15, 0.2) is 0 Å². The molecule has 0 spiro atoms. The van der Waals surface area contributed by atoms with Gasteiger partial charge in [0.05, 0.1) is 20.1 Å². The van der Waals surface area contributed by atoms with E-state index < -0.39 is 5.97 Å². The summed E-state index contributed by atoms with van der Waals surface area (Å²) in [5.41, 5.74) is 1.02. The lowest BCUT2D eigenvalue weighted by atomic mass is 9.99. The molecule has 1 aromatic rings. The fourth-order valence-corrected chi connectivity index (χ4v) is 3.00. The highest BCUT2D eigenvalue weighted by Crippen LogP contribution is 2.36. The summed E-state index contributed by atoms with van der Waals surface area (Å²) in [7, 11) is 3.28. The van der Waals surface area contributed by atoms with Crippen molar-refractivity contribution in [3.63, 3.8) is 0 Å². The highest BCUT2D eigenvalue weighted by atomic mass is 16.5. The minimum absolute atomic E-state index is 0.0850. The van der Waals surface area contributed by atoms with E-state index in [4.69, 9.17) is 9.47 Å². The molecule has 0 bridgehead atoms. The van der Waals surface area contributed by atoms with Crippen LogP contribution >= 0.6 is 0 Å². The molecule has 1 N–H and O–H groups in total. The highest BCUT2D eigenvalue weighted by Gasteiger charge is 2.37. The SMILES string of the molecule is COc1ccc(OC)c(C(C)N2CC(C)C(C(=O)O)C2)c1. The van der Waals surface area contributed by atoms with Gasteiger partial charge in [-0.15, -0.1) is 0 Å². The van der Waals surface area contributed by atoms with E-state index in [0.717, 1.165) is 23.6 Å². The molecule has 0 radical (unpaired) electrons. The first-order valence-electron chi connectivity index (χ1n) is 7.16. The van der Waals surface area contributed by atoms with E-state index in [1.807, 2.05) is 25.1 Å². The summed E-state index contributed by atoms with van der Waals surface area (Å²) >= 11 is 0. The number of benzene rings is 1. The zero-order valence-electron chi connectivity index (χ0n) is 13.0. The Morgan fingerprint density at radius 1 is 1.33 bits per heavy atom. The predicted molar refractivity (Wildman–Crippen MR) is 79.8 cm³/mol. The molecule has 1 fully saturated rings. The standard InChI is InChI=1S/C16H23NO4/c1-10-8-17(9-14(10)16(18)19)11(2)13-7-12(20-3)5-6-15(13)21-4/h5-7,10-11,14H,8-9H2,1-4H3,(H,18,19). The van der Waals surface area contributed by atoms with Crippen molar-refractivity contribution >= 4 is 5.97 Å². The molecule has 1 aliphatic rings. The molecule has 1 aliphatic heterocycles. The summed E-state index contributed by atoms with van der Waals surface area (Å²) in [4.78, 5) is 13.5. The lowest BCUT2D eigenvalue weighted by molar-refractivity contribution is -0.142. The largest absolute Gasteiger partial charge is 0.497 e. The van der Waals surface area contributed by atoms with Gasteiger partial charge in [-0.1, -0.05) is 6.92 Å². The fraction of sp³-hybridized carbons (Fsp3) is 0.562. The minimum Gasteiger partial charge on any atom is -0.497 e. The monoisotopic (exact) mass is 293 g/mol. The van der Waals surface area contributed by atoms with Gasteiger partial charge in [-0.05, 0) is 31.0 Å². The van der Waals surface area contributed by atoms with Gasteiger partial charge >= 0.3 is 5.97 Å². The van der Waals surface area contributed by atoms with E-state index in [2.05, 4.69) is 11.8 Å². The van der Waals surface area contributed by atoms with Crippen molar-refractivity contribution in [1.29, 1.82) is 0 Å². The quantitative estimate of drug-likeness (QED) is 0.903. The molecule has 2 rings (SSSR count). The number of aliphatic carboxylic acids is 1. The van der Waals surface area contributed by atoms with E-state index in [1.54, 1.807) is 14.2 Å². The maximum atomic E-state index is 11.3. The Morgan fingerprint density at radius 2 is 2.05 bits per heavy atom. The van der Waals surface area contributed by atoms with Crippen molar-refractivity contribution < 1.29 is 19.4 Å².